The van der Waals surface area contributed by atoms with Gasteiger partial charge < -0.3 is 9.88 Å². The first-order chi connectivity index (χ1) is 16.2. The highest BCUT2D eigenvalue weighted by Crippen LogP contribution is 2.25. The summed E-state index contributed by atoms with van der Waals surface area (Å²) >= 11 is 0. The number of hydrogen-bond acceptors (Lipinski definition) is 4. The van der Waals surface area contributed by atoms with Crippen LogP contribution in [0, 0.1) is 0 Å². The molecule has 6 nitrogen and oxygen atoms in total. The molecule has 2 heterocycles. The third kappa shape index (κ3) is 4.70. The van der Waals surface area contributed by atoms with E-state index in [-0.39, 0.29) is 24.5 Å². The van der Waals surface area contributed by atoms with Crippen LogP contribution in [0.2, 0.25) is 0 Å². The Morgan fingerprint density at radius 3 is 2.64 bits per heavy atom. The standard InChI is InChI=1S/C27H26N4O2/c32-24(21-13-12-19-7-3-4-8-20(19)17-21)14-15-26(33)28-23-10-6-9-22(18-23)27-30-29-25-11-2-1-5-16-31(25)27/h3-4,6-10,12-13,17-18H,1-2,5,11,14-16H2,(H,28,33). The Bertz CT molecular complexity index is 1320. The normalized spacial score (nSPS) is 13.3. The monoisotopic (exact) mass is 438 g/mol. The molecule has 0 unspecified atom stereocenters. The summed E-state index contributed by atoms with van der Waals surface area (Å²) in [6.45, 7) is 0.922. The minimum Gasteiger partial charge on any atom is -0.326 e. The van der Waals surface area contributed by atoms with Crippen molar-refractivity contribution in [2.75, 3.05) is 5.32 Å². The van der Waals surface area contributed by atoms with Gasteiger partial charge in [0.2, 0.25) is 5.91 Å². The van der Waals surface area contributed by atoms with Crippen molar-refractivity contribution in [3.8, 4) is 11.4 Å². The van der Waals surface area contributed by atoms with E-state index in [4.69, 9.17) is 0 Å². The van der Waals surface area contributed by atoms with Gasteiger partial charge in [-0.25, -0.2) is 0 Å². The summed E-state index contributed by atoms with van der Waals surface area (Å²) in [5.41, 5.74) is 2.26. The number of hydrogen-bond donors (Lipinski definition) is 1. The van der Waals surface area contributed by atoms with E-state index in [0.29, 0.717) is 11.3 Å². The third-order valence-electron chi connectivity index (χ3n) is 6.16. The number of aromatic nitrogens is 3. The van der Waals surface area contributed by atoms with E-state index < -0.39 is 0 Å². The first-order valence-corrected chi connectivity index (χ1v) is 11.5. The van der Waals surface area contributed by atoms with Crippen LogP contribution in [0.15, 0.2) is 66.7 Å². The molecule has 33 heavy (non-hydrogen) atoms. The predicted octanol–water partition coefficient (Wildman–Crippen LogP) is 5.43. The van der Waals surface area contributed by atoms with Crippen LogP contribution < -0.4 is 5.32 Å². The number of fused-ring (bicyclic) bond motifs is 2. The molecule has 0 saturated carbocycles. The zero-order valence-electron chi connectivity index (χ0n) is 18.5. The van der Waals surface area contributed by atoms with Gasteiger partial charge in [0.05, 0.1) is 0 Å². The molecule has 1 N–H and O–H groups in total. The highest BCUT2D eigenvalue weighted by atomic mass is 16.2. The average molecular weight is 439 g/mol. The molecule has 5 rings (SSSR count). The van der Waals surface area contributed by atoms with Gasteiger partial charge in [0, 0.05) is 42.6 Å². The Kier molecular flexibility index (Phi) is 5.98. The fourth-order valence-electron chi connectivity index (χ4n) is 4.39. The lowest BCUT2D eigenvalue weighted by Crippen LogP contribution is -2.13. The number of aryl methyl sites for hydroxylation is 1. The van der Waals surface area contributed by atoms with Crippen molar-refractivity contribution in [1.29, 1.82) is 0 Å². The summed E-state index contributed by atoms with van der Waals surface area (Å²) in [4.78, 5) is 25.2. The van der Waals surface area contributed by atoms with E-state index in [1.807, 2.05) is 66.7 Å². The fourth-order valence-corrected chi connectivity index (χ4v) is 4.39. The second kappa shape index (κ2) is 9.36. The Hall–Kier alpha value is -3.80. The van der Waals surface area contributed by atoms with Crippen LogP contribution in [-0.2, 0) is 17.8 Å². The van der Waals surface area contributed by atoms with Crippen LogP contribution in [-0.4, -0.2) is 26.5 Å². The average Bonchev–Trinajstić information content (AvgIpc) is 3.10. The van der Waals surface area contributed by atoms with Gasteiger partial charge >= 0.3 is 0 Å². The number of carbonyl (C=O) groups is 2. The van der Waals surface area contributed by atoms with Crippen LogP contribution in [0.4, 0.5) is 5.69 Å². The van der Waals surface area contributed by atoms with Gasteiger partial charge in [0.15, 0.2) is 11.6 Å². The largest absolute Gasteiger partial charge is 0.326 e. The quantitative estimate of drug-likeness (QED) is 0.408. The van der Waals surface area contributed by atoms with Crippen molar-refractivity contribution >= 4 is 28.2 Å². The lowest BCUT2D eigenvalue weighted by atomic mass is 10.0. The molecule has 3 aromatic carbocycles. The predicted molar refractivity (Wildman–Crippen MR) is 129 cm³/mol. The summed E-state index contributed by atoms with van der Waals surface area (Å²) in [6, 6.07) is 21.3. The maximum Gasteiger partial charge on any atom is 0.224 e. The summed E-state index contributed by atoms with van der Waals surface area (Å²) in [5.74, 6) is 1.66. The van der Waals surface area contributed by atoms with Gasteiger partial charge in [-0.1, -0.05) is 55.0 Å². The Balaban J connectivity index is 1.23. The molecule has 0 spiro atoms. The lowest BCUT2D eigenvalue weighted by molar-refractivity contribution is -0.116. The van der Waals surface area contributed by atoms with Crippen molar-refractivity contribution in [2.45, 2.75) is 45.1 Å². The fraction of sp³-hybridized carbons (Fsp3) is 0.259. The Labute approximate surface area is 192 Å². The minimum absolute atomic E-state index is 0.0317. The van der Waals surface area contributed by atoms with Crippen molar-refractivity contribution in [1.82, 2.24) is 14.8 Å². The van der Waals surface area contributed by atoms with Crippen LogP contribution in [0.3, 0.4) is 0 Å². The summed E-state index contributed by atoms with van der Waals surface area (Å²) in [5, 5.41) is 13.8. The number of anilines is 1. The second-order valence-corrected chi connectivity index (χ2v) is 8.52. The first-order valence-electron chi connectivity index (χ1n) is 11.5. The van der Waals surface area contributed by atoms with E-state index in [0.717, 1.165) is 53.8 Å². The van der Waals surface area contributed by atoms with E-state index in [9.17, 15) is 9.59 Å². The van der Waals surface area contributed by atoms with E-state index >= 15 is 0 Å². The molecule has 1 aliphatic heterocycles. The van der Waals surface area contributed by atoms with Crippen molar-refractivity contribution in [2.24, 2.45) is 0 Å². The zero-order valence-corrected chi connectivity index (χ0v) is 18.5. The maximum atomic E-state index is 12.6. The molecule has 1 aromatic heterocycles. The van der Waals surface area contributed by atoms with Gasteiger partial charge in [-0.2, -0.15) is 0 Å². The Morgan fingerprint density at radius 2 is 1.73 bits per heavy atom. The number of benzene rings is 3. The molecule has 0 radical (unpaired) electrons. The molecule has 1 amide bonds. The molecular formula is C27H26N4O2. The highest BCUT2D eigenvalue weighted by molar-refractivity contribution is 6.02. The summed E-state index contributed by atoms with van der Waals surface area (Å²) < 4.78 is 2.19. The summed E-state index contributed by atoms with van der Waals surface area (Å²) in [7, 11) is 0. The van der Waals surface area contributed by atoms with Crippen molar-refractivity contribution in [3.05, 3.63) is 78.1 Å². The number of carbonyl (C=O) groups excluding carboxylic acids is 2. The molecule has 0 bridgehead atoms. The molecule has 0 atom stereocenters. The van der Waals surface area contributed by atoms with Crippen LogP contribution in [0.1, 0.15) is 48.3 Å². The number of Topliss-reactive ketones (excluding diaryl/α,β-unsaturated/α-hetero) is 1. The van der Waals surface area contributed by atoms with Gasteiger partial charge in [-0.3, -0.25) is 9.59 Å². The van der Waals surface area contributed by atoms with Gasteiger partial charge in [-0.15, -0.1) is 10.2 Å². The van der Waals surface area contributed by atoms with Gasteiger partial charge in [-0.05, 0) is 41.8 Å². The summed E-state index contributed by atoms with van der Waals surface area (Å²) in [6.07, 6.45) is 4.73. The molecule has 4 aromatic rings. The molecule has 0 saturated heterocycles. The second-order valence-electron chi connectivity index (χ2n) is 8.52. The first kappa shape index (κ1) is 21.1. The number of nitrogens with zero attached hydrogens (tertiary/aromatic N) is 3. The molecule has 166 valence electrons. The van der Waals surface area contributed by atoms with Gasteiger partial charge in [0.1, 0.15) is 5.82 Å². The van der Waals surface area contributed by atoms with Crippen molar-refractivity contribution < 1.29 is 9.59 Å². The maximum absolute atomic E-state index is 12.6. The molecule has 1 aliphatic rings. The van der Waals surface area contributed by atoms with E-state index in [1.165, 1.54) is 6.42 Å². The van der Waals surface area contributed by atoms with Crippen molar-refractivity contribution in [3.63, 3.8) is 0 Å². The number of amides is 1. The van der Waals surface area contributed by atoms with Gasteiger partial charge in [0.25, 0.3) is 0 Å². The van der Waals surface area contributed by atoms with Crippen LogP contribution in [0.5, 0.6) is 0 Å². The van der Waals surface area contributed by atoms with Crippen LogP contribution in [0.25, 0.3) is 22.2 Å². The number of rotatable bonds is 6. The highest BCUT2D eigenvalue weighted by Gasteiger charge is 2.16. The van der Waals surface area contributed by atoms with E-state index in [1.54, 1.807) is 0 Å². The number of ketones is 1. The SMILES string of the molecule is O=C(CCC(=O)c1ccc2ccccc2c1)Nc1cccc(-c2nnc3n2CCCCC3)c1. The minimum atomic E-state index is -0.179. The molecule has 6 heteroatoms. The third-order valence-corrected chi connectivity index (χ3v) is 6.16. The van der Waals surface area contributed by atoms with E-state index in [2.05, 4.69) is 20.1 Å². The molecular weight excluding hydrogens is 412 g/mol. The topological polar surface area (TPSA) is 76.9 Å². The molecule has 0 fully saturated rings. The lowest BCUT2D eigenvalue weighted by Gasteiger charge is -2.09. The molecule has 0 aliphatic carbocycles. The Morgan fingerprint density at radius 1 is 0.848 bits per heavy atom. The van der Waals surface area contributed by atoms with Crippen LogP contribution >= 0.6 is 0 Å². The number of nitrogens with one attached hydrogen (secondary N) is 1. The zero-order chi connectivity index (χ0) is 22.6. The smallest absolute Gasteiger partial charge is 0.224 e.